The van der Waals surface area contributed by atoms with Crippen LogP contribution < -0.4 is 14.4 Å². The fourth-order valence-corrected chi connectivity index (χ4v) is 4.27. The van der Waals surface area contributed by atoms with Crippen LogP contribution in [0.25, 0.3) is 0 Å². The molecule has 0 bridgehead atoms. The number of hydrogen-bond acceptors (Lipinski definition) is 6. The Labute approximate surface area is 169 Å². The average molecular weight is 418 g/mol. The third-order valence-electron chi connectivity index (χ3n) is 4.88. The third-order valence-corrected chi connectivity index (χ3v) is 6.27. The lowest BCUT2D eigenvalue weighted by Crippen LogP contribution is -2.39. The van der Waals surface area contributed by atoms with Crippen LogP contribution in [0.2, 0.25) is 0 Å². The van der Waals surface area contributed by atoms with E-state index in [1.165, 1.54) is 31.3 Å². The number of carbonyl (C=O) groups is 2. The highest BCUT2D eigenvalue weighted by atomic mass is 32.2. The van der Waals surface area contributed by atoms with Gasteiger partial charge in [-0.1, -0.05) is 0 Å². The Morgan fingerprint density at radius 2 is 1.76 bits per heavy atom. The predicted octanol–water partition coefficient (Wildman–Crippen LogP) is 2.29. The number of benzene rings is 2. The quantitative estimate of drug-likeness (QED) is 0.722. The van der Waals surface area contributed by atoms with Crippen LogP contribution in [0, 0.1) is 0 Å². The van der Waals surface area contributed by atoms with E-state index in [-0.39, 0.29) is 17.3 Å². The van der Waals surface area contributed by atoms with Crippen LogP contribution >= 0.6 is 0 Å². The molecule has 0 saturated carbocycles. The van der Waals surface area contributed by atoms with E-state index in [9.17, 15) is 18.0 Å². The van der Waals surface area contributed by atoms with E-state index in [0.717, 1.165) is 0 Å². The molecule has 0 aromatic heterocycles. The van der Waals surface area contributed by atoms with Gasteiger partial charge in [0.15, 0.2) is 0 Å². The molecule has 0 saturated heterocycles. The minimum absolute atomic E-state index is 0.0847. The van der Waals surface area contributed by atoms with Crippen LogP contribution in [-0.4, -0.2) is 41.1 Å². The number of fused-ring (bicyclic) bond motifs is 1. The summed E-state index contributed by atoms with van der Waals surface area (Å²) in [5.41, 5.74) is 0.588. The number of amides is 1. The van der Waals surface area contributed by atoms with Gasteiger partial charge in [-0.15, -0.1) is 0 Å². The van der Waals surface area contributed by atoms with Gasteiger partial charge in [-0.05, 0) is 61.9 Å². The maximum atomic E-state index is 12.8. The first-order chi connectivity index (χ1) is 13.6. The van der Waals surface area contributed by atoms with Gasteiger partial charge in [-0.2, -0.15) is 0 Å². The van der Waals surface area contributed by atoms with Gasteiger partial charge in [0.2, 0.25) is 5.91 Å². The second-order valence-electron chi connectivity index (χ2n) is 7.11. The molecule has 8 nitrogen and oxygen atoms in total. The summed E-state index contributed by atoms with van der Waals surface area (Å²) in [6.45, 7) is 3.25. The van der Waals surface area contributed by atoms with E-state index in [2.05, 4.69) is 9.46 Å². The number of nitrogens with one attached hydrogen (secondary N) is 1. The summed E-state index contributed by atoms with van der Waals surface area (Å²) in [7, 11) is -1.07. The molecule has 0 unspecified atom stereocenters. The molecule has 0 radical (unpaired) electrons. The van der Waals surface area contributed by atoms with Gasteiger partial charge in [-0.25, -0.2) is 8.42 Å². The Morgan fingerprint density at radius 3 is 2.34 bits per heavy atom. The zero-order valence-corrected chi connectivity index (χ0v) is 17.4. The molecule has 1 aliphatic rings. The molecule has 2 aromatic carbocycles. The lowest BCUT2D eigenvalue weighted by molar-refractivity contribution is -0.140. The molecule has 2 aromatic rings. The molecule has 0 fully saturated rings. The van der Waals surface area contributed by atoms with Gasteiger partial charge in [-0.3, -0.25) is 14.3 Å². The molecular weight excluding hydrogens is 396 g/mol. The third kappa shape index (κ3) is 3.77. The summed E-state index contributed by atoms with van der Waals surface area (Å²) in [6.07, 6.45) is 0. The van der Waals surface area contributed by atoms with Crippen molar-refractivity contribution in [2.45, 2.75) is 24.2 Å². The minimum Gasteiger partial charge on any atom is -0.497 e. The van der Waals surface area contributed by atoms with Crippen LogP contribution in [-0.2, 0) is 29.8 Å². The van der Waals surface area contributed by atoms with E-state index in [1.54, 1.807) is 44.2 Å². The van der Waals surface area contributed by atoms with E-state index >= 15 is 0 Å². The predicted molar refractivity (Wildman–Crippen MR) is 108 cm³/mol. The van der Waals surface area contributed by atoms with E-state index in [4.69, 9.17) is 4.74 Å². The smallest absolute Gasteiger partial charge is 0.325 e. The first-order valence-electron chi connectivity index (χ1n) is 8.80. The molecule has 0 spiro atoms. The van der Waals surface area contributed by atoms with Crippen molar-refractivity contribution in [3.05, 3.63) is 48.0 Å². The van der Waals surface area contributed by atoms with Crippen LogP contribution in [0.5, 0.6) is 5.75 Å². The summed E-state index contributed by atoms with van der Waals surface area (Å²) in [6, 6.07) is 10.8. The molecule has 154 valence electrons. The zero-order chi connectivity index (χ0) is 21.4. The maximum absolute atomic E-state index is 12.8. The lowest BCUT2D eigenvalue weighted by atomic mass is 9.86. The molecule has 3 rings (SSSR count). The maximum Gasteiger partial charge on any atom is 0.325 e. The van der Waals surface area contributed by atoms with Gasteiger partial charge >= 0.3 is 5.97 Å². The number of ether oxygens (including phenoxy) is 2. The van der Waals surface area contributed by atoms with Gasteiger partial charge in [0.1, 0.15) is 12.3 Å². The SMILES string of the molecule is COC(=O)CN1C(=O)C(C)(C)c2cc(NS(=O)(=O)c3ccc(OC)cc3)ccc21. The molecule has 1 N–H and O–H groups in total. The molecule has 1 heterocycles. The summed E-state index contributed by atoms with van der Waals surface area (Å²) >= 11 is 0. The molecule has 29 heavy (non-hydrogen) atoms. The van der Waals surface area contributed by atoms with Crippen LogP contribution in [0.1, 0.15) is 19.4 Å². The number of esters is 1. The normalized spacial score (nSPS) is 15.0. The van der Waals surface area contributed by atoms with Gasteiger partial charge in [0.25, 0.3) is 10.0 Å². The van der Waals surface area contributed by atoms with E-state index in [0.29, 0.717) is 22.7 Å². The Bertz CT molecular complexity index is 1060. The van der Waals surface area contributed by atoms with Crippen molar-refractivity contribution in [3.63, 3.8) is 0 Å². The fourth-order valence-electron chi connectivity index (χ4n) is 3.22. The number of nitrogens with zero attached hydrogens (tertiary/aromatic N) is 1. The van der Waals surface area contributed by atoms with Crippen molar-refractivity contribution >= 4 is 33.3 Å². The Hall–Kier alpha value is -3.07. The second-order valence-corrected chi connectivity index (χ2v) is 8.79. The minimum atomic E-state index is -3.82. The fraction of sp³-hybridized carbons (Fsp3) is 0.300. The number of methoxy groups -OCH3 is 2. The first kappa shape index (κ1) is 20.7. The Kier molecular flexibility index (Phi) is 5.27. The van der Waals surface area contributed by atoms with E-state index < -0.39 is 21.4 Å². The number of anilines is 2. The molecule has 1 amide bonds. The topological polar surface area (TPSA) is 102 Å². The molecule has 9 heteroatoms. The molecular formula is C20H22N2O6S. The summed E-state index contributed by atoms with van der Waals surface area (Å²) in [4.78, 5) is 25.9. The van der Waals surface area contributed by atoms with Crippen LogP contribution in [0.4, 0.5) is 11.4 Å². The van der Waals surface area contributed by atoms with Crippen molar-refractivity contribution in [1.82, 2.24) is 0 Å². The summed E-state index contributed by atoms with van der Waals surface area (Å²) < 4.78 is 37.6. The number of carbonyl (C=O) groups excluding carboxylic acids is 2. The number of sulfonamides is 1. The van der Waals surface area contributed by atoms with Gasteiger partial charge in [0.05, 0.1) is 24.5 Å². The largest absolute Gasteiger partial charge is 0.497 e. The average Bonchev–Trinajstić information content (AvgIpc) is 2.88. The zero-order valence-electron chi connectivity index (χ0n) is 16.6. The van der Waals surface area contributed by atoms with Gasteiger partial charge in [0, 0.05) is 11.4 Å². The standard InChI is InChI=1S/C20H22N2O6S/c1-20(2)16-11-13(5-10-17(16)22(19(20)24)12-18(23)28-4)21-29(25,26)15-8-6-14(27-3)7-9-15/h5-11,21H,12H2,1-4H3. The van der Waals surface area contributed by atoms with Crippen LogP contribution in [0.3, 0.4) is 0 Å². The first-order valence-corrected chi connectivity index (χ1v) is 10.3. The number of rotatable bonds is 6. The second kappa shape index (κ2) is 7.40. The highest BCUT2D eigenvalue weighted by Gasteiger charge is 2.44. The Balaban J connectivity index is 1.93. The number of hydrogen-bond donors (Lipinski definition) is 1. The van der Waals surface area contributed by atoms with Crippen molar-refractivity contribution < 1.29 is 27.5 Å². The molecule has 0 atom stereocenters. The monoisotopic (exact) mass is 418 g/mol. The molecule has 1 aliphatic heterocycles. The van der Waals surface area contributed by atoms with Crippen molar-refractivity contribution in [3.8, 4) is 5.75 Å². The van der Waals surface area contributed by atoms with Crippen molar-refractivity contribution in [1.29, 1.82) is 0 Å². The highest BCUT2D eigenvalue weighted by Crippen LogP contribution is 2.43. The summed E-state index contributed by atoms with van der Waals surface area (Å²) in [5, 5.41) is 0. The van der Waals surface area contributed by atoms with Crippen molar-refractivity contribution in [2.75, 3.05) is 30.4 Å². The van der Waals surface area contributed by atoms with Crippen molar-refractivity contribution in [2.24, 2.45) is 0 Å². The van der Waals surface area contributed by atoms with Gasteiger partial charge < -0.3 is 14.4 Å². The lowest BCUT2D eigenvalue weighted by Gasteiger charge is -2.19. The summed E-state index contributed by atoms with van der Waals surface area (Å²) in [5.74, 6) is -0.244. The van der Waals surface area contributed by atoms with Crippen LogP contribution in [0.15, 0.2) is 47.4 Å². The molecule has 0 aliphatic carbocycles. The highest BCUT2D eigenvalue weighted by molar-refractivity contribution is 7.92. The Morgan fingerprint density at radius 1 is 1.10 bits per heavy atom. The van der Waals surface area contributed by atoms with E-state index in [1.807, 2.05) is 0 Å².